The number of pyridine rings is 1. The maximum atomic E-state index is 14.6. The molecule has 0 aliphatic carbocycles. The third-order valence-electron chi connectivity index (χ3n) is 9.64. The van der Waals surface area contributed by atoms with Crippen molar-refractivity contribution in [3.63, 3.8) is 0 Å². The lowest BCUT2D eigenvalue weighted by molar-refractivity contribution is -0.125. The van der Waals surface area contributed by atoms with Crippen LogP contribution in [-0.2, 0) is 9.53 Å². The first-order chi connectivity index (χ1) is 25.3. The van der Waals surface area contributed by atoms with Gasteiger partial charge in [0.2, 0.25) is 5.91 Å². The Hall–Kier alpha value is -5.16. The second-order valence-electron chi connectivity index (χ2n) is 12.9. The number of aromatic amines is 1. The Balaban J connectivity index is 1.27. The van der Waals surface area contributed by atoms with E-state index in [4.69, 9.17) is 32.9 Å². The SMILES string of the molecule is COCCNC(=O)C1CCN(c2ncccc2NC(=O)c2[nH]c3cc(Cl)ccc3c2-c2c(-c3ccccc3)ncn2[C@@H](C)c2ccc(Cl)cc2)CC1. The van der Waals surface area contributed by atoms with E-state index in [2.05, 4.69) is 37.0 Å². The molecular formula is C40H39Cl2N7O3. The molecule has 3 N–H and O–H groups in total. The zero-order valence-corrected chi connectivity index (χ0v) is 30.4. The topological polar surface area (TPSA) is 117 Å². The largest absolute Gasteiger partial charge is 0.383 e. The van der Waals surface area contributed by atoms with Gasteiger partial charge in [0.05, 0.1) is 36.1 Å². The third-order valence-corrected chi connectivity index (χ3v) is 10.1. The normalized spacial score (nSPS) is 14.0. The van der Waals surface area contributed by atoms with Crippen molar-refractivity contribution in [2.45, 2.75) is 25.8 Å². The standard InChI is InChI=1S/C40H39Cl2N7O3/c1-25(26-10-12-29(41)13-11-26)49-24-45-35(27-7-4-3-5-8-27)37(49)34-31-15-14-30(42)23-33(31)46-36(34)40(51)47-32-9-6-18-43-38(32)48-20-16-28(17-21-48)39(50)44-19-22-52-2/h3-15,18,23-25,28,46H,16-17,19-22H2,1-2H3,(H,44,50)(H,47,51)/t25-/m0/s1. The number of piperidine rings is 1. The number of ether oxygens (including phenoxy) is 1. The molecule has 266 valence electrons. The number of halogens is 2. The van der Waals surface area contributed by atoms with E-state index in [0.29, 0.717) is 71.9 Å². The molecule has 3 aromatic carbocycles. The number of imidazole rings is 1. The number of aromatic nitrogens is 4. The predicted molar refractivity (Wildman–Crippen MR) is 207 cm³/mol. The van der Waals surface area contributed by atoms with Gasteiger partial charge in [-0.05, 0) is 61.7 Å². The number of anilines is 2. The number of nitrogens with one attached hydrogen (secondary N) is 3. The number of carbonyl (C=O) groups excluding carboxylic acids is 2. The van der Waals surface area contributed by atoms with Crippen LogP contribution in [0.15, 0.2) is 97.5 Å². The lowest BCUT2D eigenvalue weighted by atomic mass is 9.96. The van der Waals surface area contributed by atoms with Crippen molar-refractivity contribution in [3.8, 4) is 22.5 Å². The van der Waals surface area contributed by atoms with Crippen LogP contribution in [0.3, 0.4) is 0 Å². The van der Waals surface area contributed by atoms with Gasteiger partial charge in [-0.1, -0.05) is 71.7 Å². The van der Waals surface area contributed by atoms with Gasteiger partial charge in [-0.15, -0.1) is 0 Å². The zero-order chi connectivity index (χ0) is 36.2. The van der Waals surface area contributed by atoms with Gasteiger partial charge in [0, 0.05) is 70.9 Å². The molecule has 7 rings (SSSR count). The Morgan fingerprint density at radius 1 is 0.962 bits per heavy atom. The minimum atomic E-state index is -0.338. The molecule has 0 unspecified atom stereocenters. The molecule has 1 saturated heterocycles. The van der Waals surface area contributed by atoms with Gasteiger partial charge in [-0.25, -0.2) is 9.97 Å². The minimum absolute atomic E-state index is 0.0391. The molecule has 6 aromatic rings. The number of carbonyl (C=O) groups is 2. The first-order valence-electron chi connectivity index (χ1n) is 17.3. The fourth-order valence-electron chi connectivity index (χ4n) is 6.90. The van der Waals surface area contributed by atoms with Crippen molar-refractivity contribution in [2.75, 3.05) is 43.6 Å². The summed E-state index contributed by atoms with van der Waals surface area (Å²) in [7, 11) is 1.61. The van der Waals surface area contributed by atoms with Crippen molar-refractivity contribution in [1.82, 2.24) is 24.8 Å². The molecule has 1 aliphatic rings. The first-order valence-corrected chi connectivity index (χ1v) is 18.0. The highest BCUT2D eigenvalue weighted by Gasteiger charge is 2.30. The predicted octanol–water partition coefficient (Wildman–Crippen LogP) is 8.24. The Morgan fingerprint density at radius 2 is 1.71 bits per heavy atom. The van der Waals surface area contributed by atoms with Crippen molar-refractivity contribution in [1.29, 1.82) is 0 Å². The molecular weight excluding hydrogens is 697 g/mol. The number of hydrogen-bond donors (Lipinski definition) is 3. The Labute approximate surface area is 312 Å². The summed E-state index contributed by atoms with van der Waals surface area (Å²) >= 11 is 12.7. The van der Waals surface area contributed by atoms with Crippen LogP contribution in [0.5, 0.6) is 0 Å². The van der Waals surface area contributed by atoms with Gasteiger partial charge >= 0.3 is 0 Å². The molecule has 52 heavy (non-hydrogen) atoms. The van der Waals surface area contributed by atoms with Crippen molar-refractivity contribution >= 4 is 57.4 Å². The van der Waals surface area contributed by atoms with E-state index >= 15 is 0 Å². The lowest BCUT2D eigenvalue weighted by Gasteiger charge is -2.33. The van der Waals surface area contributed by atoms with Crippen molar-refractivity contribution in [3.05, 3.63) is 119 Å². The van der Waals surface area contributed by atoms with Crippen LogP contribution >= 0.6 is 23.2 Å². The van der Waals surface area contributed by atoms with Gasteiger partial charge < -0.3 is 29.8 Å². The number of rotatable bonds is 11. The molecule has 0 spiro atoms. The smallest absolute Gasteiger partial charge is 0.272 e. The minimum Gasteiger partial charge on any atom is -0.383 e. The quantitative estimate of drug-likeness (QED) is 0.115. The highest BCUT2D eigenvalue weighted by atomic mass is 35.5. The maximum Gasteiger partial charge on any atom is 0.272 e. The maximum absolute atomic E-state index is 14.6. The summed E-state index contributed by atoms with van der Waals surface area (Å²) < 4.78 is 7.17. The Morgan fingerprint density at radius 3 is 2.46 bits per heavy atom. The molecule has 1 fully saturated rings. The Kier molecular flexibility index (Phi) is 10.6. The van der Waals surface area contributed by atoms with Crippen LogP contribution in [0.4, 0.5) is 11.5 Å². The highest BCUT2D eigenvalue weighted by Crippen LogP contribution is 2.42. The average Bonchev–Trinajstić information content (AvgIpc) is 3.77. The summed E-state index contributed by atoms with van der Waals surface area (Å²) in [5, 5.41) is 8.15. The monoisotopic (exact) mass is 735 g/mol. The summed E-state index contributed by atoms with van der Waals surface area (Å²) in [5.41, 5.74) is 5.83. The molecule has 10 nitrogen and oxygen atoms in total. The van der Waals surface area contributed by atoms with E-state index in [9.17, 15) is 9.59 Å². The number of methoxy groups -OCH3 is 1. The number of nitrogens with zero attached hydrogens (tertiary/aromatic N) is 4. The van der Waals surface area contributed by atoms with Crippen LogP contribution in [0.2, 0.25) is 10.0 Å². The van der Waals surface area contributed by atoms with Crippen LogP contribution < -0.4 is 15.5 Å². The number of hydrogen-bond acceptors (Lipinski definition) is 6. The fourth-order valence-corrected chi connectivity index (χ4v) is 7.20. The van der Waals surface area contributed by atoms with Crippen LogP contribution in [0, 0.1) is 5.92 Å². The molecule has 12 heteroatoms. The summed E-state index contributed by atoms with van der Waals surface area (Å²) in [6, 6.07) is 26.8. The van der Waals surface area contributed by atoms with E-state index < -0.39 is 0 Å². The van der Waals surface area contributed by atoms with E-state index in [1.807, 2.05) is 85.2 Å². The van der Waals surface area contributed by atoms with Gasteiger partial charge in [0.15, 0.2) is 5.82 Å². The molecule has 2 amide bonds. The molecule has 0 radical (unpaired) electrons. The van der Waals surface area contributed by atoms with E-state index in [-0.39, 0.29) is 23.8 Å². The first kappa shape index (κ1) is 35.3. The number of benzene rings is 3. The summed E-state index contributed by atoms with van der Waals surface area (Å²) in [4.78, 5) is 42.4. The van der Waals surface area contributed by atoms with Gasteiger partial charge in [0.25, 0.3) is 5.91 Å². The number of fused-ring (bicyclic) bond motifs is 1. The third kappa shape index (κ3) is 7.27. The van der Waals surface area contributed by atoms with Crippen molar-refractivity contribution < 1.29 is 14.3 Å². The Bertz CT molecular complexity index is 2190. The number of amides is 2. The van der Waals surface area contributed by atoms with E-state index in [1.165, 1.54) is 0 Å². The van der Waals surface area contributed by atoms with Gasteiger partial charge in [-0.3, -0.25) is 9.59 Å². The molecule has 3 aromatic heterocycles. The van der Waals surface area contributed by atoms with Gasteiger partial charge in [-0.2, -0.15) is 0 Å². The van der Waals surface area contributed by atoms with E-state index in [1.54, 1.807) is 19.4 Å². The lowest BCUT2D eigenvalue weighted by Crippen LogP contribution is -2.41. The molecule has 1 aliphatic heterocycles. The van der Waals surface area contributed by atoms with Crippen LogP contribution in [-0.4, -0.2) is 64.7 Å². The fraction of sp³-hybridized carbons (Fsp3) is 0.250. The van der Waals surface area contributed by atoms with Crippen LogP contribution in [0.1, 0.15) is 41.9 Å². The summed E-state index contributed by atoms with van der Waals surface area (Å²) in [5.74, 6) is 0.266. The molecule has 0 saturated carbocycles. The zero-order valence-electron chi connectivity index (χ0n) is 28.9. The molecule has 0 bridgehead atoms. The molecule has 1 atom stereocenters. The highest BCUT2D eigenvalue weighted by molar-refractivity contribution is 6.31. The number of H-pyrrole nitrogens is 1. The second kappa shape index (κ2) is 15.6. The summed E-state index contributed by atoms with van der Waals surface area (Å²) in [6.45, 7) is 4.32. The average molecular weight is 737 g/mol. The van der Waals surface area contributed by atoms with Crippen molar-refractivity contribution in [2.24, 2.45) is 5.92 Å². The van der Waals surface area contributed by atoms with E-state index in [0.717, 1.165) is 33.4 Å². The van der Waals surface area contributed by atoms with Crippen LogP contribution in [0.25, 0.3) is 33.4 Å². The van der Waals surface area contributed by atoms with Gasteiger partial charge in [0.1, 0.15) is 5.69 Å². The summed E-state index contributed by atoms with van der Waals surface area (Å²) in [6.07, 6.45) is 4.89. The molecule has 4 heterocycles. The second-order valence-corrected chi connectivity index (χ2v) is 13.8.